The summed E-state index contributed by atoms with van der Waals surface area (Å²) < 4.78 is 0. The highest BCUT2D eigenvalue weighted by molar-refractivity contribution is 6.08. The van der Waals surface area contributed by atoms with Crippen LogP contribution in [0.2, 0.25) is 0 Å². The van der Waals surface area contributed by atoms with Crippen molar-refractivity contribution in [1.82, 2.24) is 0 Å². The second-order valence-corrected chi connectivity index (χ2v) is 18.1. The Labute approximate surface area is 421 Å². The lowest BCUT2D eigenvalue weighted by Crippen LogP contribution is -2.30. The van der Waals surface area contributed by atoms with Crippen LogP contribution in [0.1, 0.15) is 107 Å². The average molecular weight is 975 g/mol. The van der Waals surface area contributed by atoms with Crippen molar-refractivity contribution in [3.63, 3.8) is 0 Å². The maximum absolute atomic E-state index is 12.5. The summed E-state index contributed by atoms with van der Waals surface area (Å²) in [5, 5.41) is 60.5. The number of carbonyl (C=O) groups is 6. The van der Waals surface area contributed by atoms with Crippen molar-refractivity contribution in [3.05, 3.63) is 249 Å². The molecule has 3 aliphatic rings. The molecule has 74 heavy (non-hydrogen) atoms. The summed E-state index contributed by atoms with van der Waals surface area (Å²) in [7, 11) is 0. The Hall–Kier alpha value is -10.2. The van der Waals surface area contributed by atoms with E-state index in [1.165, 1.54) is 72.8 Å². The lowest BCUT2D eigenvalue weighted by atomic mass is 9.55. The zero-order valence-corrected chi connectivity index (χ0v) is 38.6. The van der Waals surface area contributed by atoms with Gasteiger partial charge in [0.05, 0.1) is 33.4 Å². The topological polar surface area (TPSA) is 224 Å². The summed E-state index contributed by atoms with van der Waals surface area (Å²) in [4.78, 5) is 74.0. The molecule has 9 aromatic rings. The Morgan fingerprint density at radius 3 is 0.838 bits per heavy atom. The van der Waals surface area contributed by atoms with E-state index in [-0.39, 0.29) is 33.4 Å². The van der Waals surface area contributed by atoms with E-state index < -0.39 is 47.7 Å². The van der Waals surface area contributed by atoms with Crippen LogP contribution in [0.3, 0.4) is 0 Å². The summed E-state index contributed by atoms with van der Waals surface area (Å²) >= 11 is 0. The molecular formula is C62H38O12. The van der Waals surface area contributed by atoms with Crippen LogP contribution in [0, 0.1) is 0 Å². The predicted molar refractivity (Wildman–Crippen MR) is 276 cm³/mol. The third kappa shape index (κ3) is 7.56. The van der Waals surface area contributed by atoms with E-state index in [2.05, 4.69) is 18.2 Å². The van der Waals surface area contributed by atoms with Crippen molar-refractivity contribution in [2.75, 3.05) is 0 Å². The van der Waals surface area contributed by atoms with Gasteiger partial charge in [0.25, 0.3) is 0 Å². The molecular weight excluding hydrogens is 937 g/mol. The molecule has 12 rings (SSSR count). The van der Waals surface area contributed by atoms with E-state index in [9.17, 15) is 59.4 Å². The van der Waals surface area contributed by atoms with Crippen LogP contribution in [0.5, 0.6) is 0 Å². The maximum atomic E-state index is 12.5. The van der Waals surface area contributed by atoms with Crippen LogP contribution in [-0.4, -0.2) is 66.5 Å². The predicted octanol–water partition coefficient (Wildman–Crippen LogP) is 12.9. The minimum absolute atomic E-state index is 0.0142. The number of hydrogen-bond acceptors (Lipinski definition) is 6. The molecule has 0 amide bonds. The maximum Gasteiger partial charge on any atom is 0.335 e. The summed E-state index contributed by atoms with van der Waals surface area (Å²) in [5.74, 6) is -8.02. The first-order chi connectivity index (χ1) is 35.7. The van der Waals surface area contributed by atoms with Crippen LogP contribution in [-0.2, 0) is 0 Å². The first kappa shape index (κ1) is 46.2. The summed E-state index contributed by atoms with van der Waals surface area (Å²) in [6.07, 6.45) is 0. The van der Waals surface area contributed by atoms with E-state index in [0.29, 0.717) is 55.6 Å². The Balaban J connectivity index is 1.36. The quantitative estimate of drug-likeness (QED) is 0.0673. The Bertz CT molecular complexity index is 3860. The molecule has 2 atom stereocenters. The number of rotatable bonds is 12. The van der Waals surface area contributed by atoms with Gasteiger partial charge < -0.3 is 30.6 Å². The molecule has 2 bridgehead atoms. The van der Waals surface area contributed by atoms with Crippen LogP contribution in [0.25, 0.3) is 66.8 Å². The monoisotopic (exact) mass is 974 g/mol. The van der Waals surface area contributed by atoms with Gasteiger partial charge in [0, 0.05) is 11.8 Å². The fourth-order valence-electron chi connectivity index (χ4n) is 11.0. The molecule has 12 heteroatoms. The third-order valence-electron chi connectivity index (χ3n) is 14.2. The number of carboxylic acid groups (broad SMARTS) is 6. The van der Waals surface area contributed by atoms with Crippen LogP contribution >= 0.6 is 0 Å². The molecule has 6 N–H and O–H groups in total. The number of benzene rings is 9. The lowest BCUT2D eigenvalue weighted by Gasteiger charge is -2.47. The summed E-state index contributed by atoms with van der Waals surface area (Å²) in [6.45, 7) is 0. The van der Waals surface area contributed by atoms with E-state index in [0.717, 1.165) is 44.5 Å². The van der Waals surface area contributed by atoms with E-state index in [1.807, 2.05) is 18.2 Å². The SMILES string of the molecule is O=C(O)c1ccc(-c2ccc3c(c2-c2ccc(C(=O)O)cc2)C2c4ccccc4C3c3c(-c4ccc(C(=O)O)cc4)c(-c4ccc(C(=O)O)cc4)c(-c4ccc(C(=O)O)cc4)c(-c4ccc(C(=O)O)cc4)c32)cc1. The molecule has 0 spiro atoms. The van der Waals surface area contributed by atoms with Gasteiger partial charge in [-0.05, 0) is 173 Å². The molecule has 0 fully saturated rings. The fraction of sp³-hybridized carbons (Fsp3) is 0.0323. The number of carboxylic acids is 6. The van der Waals surface area contributed by atoms with Crippen molar-refractivity contribution in [2.24, 2.45) is 0 Å². The van der Waals surface area contributed by atoms with Crippen LogP contribution in [0.4, 0.5) is 0 Å². The largest absolute Gasteiger partial charge is 0.478 e. The van der Waals surface area contributed by atoms with Gasteiger partial charge in [-0.1, -0.05) is 109 Å². The highest BCUT2D eigenvalue weighted by Crippen LogP contribution is 2.65. The van der Waals surface area contributed by atoms with Crippen molar-refractivity contribution >= 4 is 35.8 Å². The van der Waals surface area contributed by atoms with Gasteiger partial charge >= 0.3 is 35.8 Å². The molecule has 0 aromatic heterocycles. The molecule has 0 saturated carbocycles. The molecule has 0 radical (unpaired) electrons. The molecule has 2 unspecified atom stereocenters. The van der Waals surface area contributed by atoms with Crippen molar-refractivity contribution in [2.45, 2.75) is 11.8 Å². The fourth-order valence-corrected chi connectivity index (χ4v) is 11.0. The van der Waals surface area contributed by atoms with Crippen molar-refractivity contribution < 1.29 is 59.4 Å². The van der Waals surface area contributed by atoms with E-state index in [1.54, 1.807) is 72.8 Å². The highest BCUT2D eigenvalue weighted by atomic mass is 16.4. The zero-order chi connectivity index (χ0) is 51.7. The van der Waals surface area contributed by atoms with Crippen molar-refractivity contribution in [3.8, 4) is 66.8 Å². The van der Waals surface area contributed by atoms with Crippen molar-refractivity contribution in [1.29, 1.82) is 0 Å². The third-order valence-corrected chi connectivity index (χ3v) is 14.2. The first-order valence-electron chi connectivity index (χ1n) is 23.2. The molecule has 12 nitrogen and oxygen atoms in total. The zero-order valence-electron chi connectivity index (χ0n) is 38.6. The Morgan fingerprint density at radius 2 is 0.514 bits per heavy atom. The van der Waals surface area contributed by atoms with Gasteiger partial charge in [-0.2, -0.15) is 0 Å². The minimum Gasteiger partial charge on any atom is -0.478 e. The normalized spacial score (nSPS) is 13.8. The first-order valence-corrected chi connectivity index (χ1v) is 23.2. The van der Waals surface area contributed by atoms with Gasteiger partial charge in [0.2, 0.25) is 0 Å². The number of aromatic carboxylic acids is 6. The smallest absolute Gasteiger partial charge is 0.335 e. The molecule has 9 aromatic carbocycles. The van der Waals surface area contributed by atoms with Gasteiger partial charge in [-0.25, -0.2) is 28.8 Å². The summed E-state index contributed by atoms with van der Waals surface area (Å²) in [6, 6.07) is 50.9. The van der Waals surface area contributed by atoms with Gasteiger partial charge in [-0.15, -0.1) is 0 Å². The molecule has 0 saturated heterocycles. The Kier molecular flexibility index (Phi) is 11.2. The second-order valence-electron chi connectivity index (χ2n) is 18.1. The highest BCUT2D eigenvalue weighted by Gasteiger charge is 2.47. The molecule has 0 heterocycles. The summed E-state index contributed by atoms with van der Waals surface area (Å²) in [5.41, 5.74) is 13.2. The van der Waals surface area contributed by atoms with E-state index in [4.69, 9.17) is 0 Å². The van der Waals surface area contributed by atoms with Gasteiger partial charge in [0.1, 0.15) is 0 Å². The molecule has 358 valence electrons. The second kappa shape index (κ2) is 17.9. The van der Waals surface area contributed by atoms with Gasteiger partial charge in [0.15, 0.2) is 0 Å². The standard InChI is InChI=1S/C62H38O12/c63-57(64)37-17-5-31(6-18-37)43-29-30-46-52-44-3-1-2-4-45(44)53(54(46)47(43)32-7-19-38(20-8-32)58(65)66)56-51(36-15-27-42(28-16-36)62(73)74)49(34-11-23-40(24-12-34)60(69)70)48(33-9-21-39(22-10-33)59(67)68)50(55(52)56)35-13-25-41(26-14-35)61(71)72/h1-30,52-53H,(H,63,64)(H,65,66)(H,67,68)(H,69,70)(H,71,72)(H,73,74). The average Bonchev–Trinajstić information content (AvgIpc) is 3.42. The molecule has 0 aliphatic heterocycles. The van der Waals surface area contributed by atoms with E-state index >= 15 is 0 Å². The lowest BCUT2D eigenvalue weighted by molar-refractivity contribution is 0.0686. The van der Waals surface area contributed by atoms with Crippen LogP contribution in [0.15, 0.2) is 182 Å². The van der Waals surface area contributed by atoms with Gasteiger partial charge in [-0.3, -0.25) is 0 Å². The molecule has 3 aliphatic carbocycles. The number of hydrogen-bond donors (Lipinski definition) is 6. The van der Waals surface area contributed by atoms with Crippen LogP contribution < -0.4 is 0 Å². The Morgan fingerprint density at radius 1 is 0.243 bits per heavy atom. The minimum atomic E-state index is -1.15.